The second-order valence-electron chi connectivity index (χ2n) is 20.2. The molecule has 1 aliphatic rings. The standard InChI is InChI=1S/C63H108O12S/c1-3-5-7-9-11-13-15-17-19-21-23-25-27-28-29-31-33-35-37-39-41-43-45-47-49-51-53-71-55-57(56-72-63-61(67)62(75-76(68,69)70)60(66)58(54-64)74-63)73-59(65)52-50-48-46-44-42-40-38-36-34-32-30-26-24-22-20-18-16-14-12-10-8-6-4-2/h6,8,12,14-15,17-18,20-21,23-24,26-28,32,34,57-58,60-64,66-67H,3-5,7,9-11,13,16,19,22,25,29-31,33,35-56H2,1-2H3,(H,68,69,70)/b8-6-,14-12-,17-15-,20-18-,23-21-,26-24-,28-27-,34-32-. The number of hydrogen-bond acceptors (Lipinski definition) is 11. The van der Waals surface area contributed by atoms with Gasteiger partial charge in [-0.25, -0.2) is 4.18 Å². The molecule has 0 amide bonds. The van der Waals surface area contributed by atoms with Crippen molar-refractivity contribution < 1.29 is 56.2 Å². The third-order valence-electron chi connectivity index (χ3n) is 13.2. The summed E-state index contributed by atoms with van der Waals surface area (Å²) in [7, 11) is -5.08. The monoisotopic (exact) mass is 1090 g/mol. The van der Waals surface area contributed by atoms with E-state index in [4.69, 9.17) is 18.9 Å². The fourth-order valence-corrected chi connectivity index (χ4v) is 9.22. The van der Waals surface area contributed by atoms with E-state index in [1.807, 2.05) is 0 Å². The van der Waals surface area contributed by atoms with E-state index in [0.717, 1.165) is 103 Å². The van der Waals surface area contributed by atoms with Crippen molar-refractivity contribution in [2.75, 3.05) is 26.4 Å². The normalized spacial score (nSPS) is 19.3. The van der Waals surface area contributed by atoms with E-state index in [9.17, 15) is 33.1 Å². The first-order valence-corrected chi connectivity index (χ1v) is 31.4. The van der Waals surface area contributed by atoms with Crippen LogP contribution in [0.25, 0.3) is 0 Å². The number of aliphatic hydroxyl groups excluding tert-OH is 3. The minimum Gasteiger partial charge on any atom is -0.457 e. The van der Waals surface area contributed by atoms with Gasteiger partial charge in [-0.1, -0.05) is 227 Å². The molecule has 0 saturated carbocycles. The van der Waals surface area contributed by atoms with E-state index in [2.05, 4.69) is 115 Å². The summed E-state index contributed by atoms with van der Waals surface area (Å²) in [5.41, 5.74) is 0. The van der Waals surface area contributed by atoms with E-state index in [1.165, 1.54) is 103 Å². The zero-order valence-electron chi connectivity index (χ0n) is 47.5. The van der Waals surface area contributed by atoms with Crippen molar-refractivity contribution in [1.29, 1.82) is 0 Å². The van der Waals surface area contributed by atoms with E-state index < -0.39 is 59.8 Å². The van der Waals surface area contributed by atoms with Gasteiger partial charge in [0.2, 0.25) is 0 Å². The average Bonchev–Trinajstić information content (AvgIpc) is 3.40. The highest BCUT2D eigenvalue weighted by atomic mass is 32.3. The Bertz CT molecular complexity index is 1680. The molecule has 438 valence electrons. The summed E-state index contributed by atoms with van der Waals surface area (Å²) in [5.74, 6) is -0.413. The minimum absolute atomic E-state index is 0.0241. The second kappa shape index (κ2) is 52.7. The van der Waals surface area contributed by atoms with Gasteiger partial charge < -0.3 is 34.3 Å². The number of carbonyl (C=O) groups excluding carboxylic acids is 1. The molecule has 0 bridgehead atoms. The number of aliphatic hydroxyl groups is 3. The number of hydrogen-bond donors (Lipinski definition) is 4. The molecule has 1 saturated heterocycles. The molecule has 0 aliphatic carbocycles. The number of ether oxygens (including phenoxy) is 4. The van der Waals surface area contributed by atoms with E-state index >= 15 is 0 Å². The molecule has 0 spiro atoms. The molecule has 0 radical (unpaired) electrons. The third kappa shape index (κ3) is 44.9. The van der Waals surface area contributed by atoms with Crippen LogP contribution in [-0.4, -0.2) is 97.5 Å². The van der Waals surface area contributed by atoms with Crippen molar-refractivity contribution in [2.45, 2.75) is 269 Å². The van der Waals surface area contributed by atoms with Crippen molar-refractivity contribution >= 4 is 16.4 Å². The first kappa shape index (κ1) is 71.0. The first-order valence-electron chi connectivity index (χ1n) is 30.0. The number of rotatable bonds is 52. The Balaban J connectivity index is 2.30. The molecule has 1 heterocycles. The van der Waals surface area contributed by atoms with Gasteiger partial charge in [0.1, 0.15) is 30.5 Å². The lowest BCUT2D eigenvalue weighted by Gasteiger charge is -2.41. The fourth-order valence-electron chi connectivity index (χ4n) is 8.71. The van der Waals surface area contributed by atoms with Crippen LogP contribution in [0.5, 0.6) is 0 Å². The van der Waals surface area contributed by atoms with Gasteiger partial charge in [0, 0.05) is 13.0 Å². The predicted molar refractivity (Wildman–Crippen MR) is 312 cm³/mol. The highest BCUT2D eigenvalue weighted by Gasteiger charge is 2.48. The Morgan fingerprint density at radius 2 is 0.908 bits per heavy atom. The molecule has 0 aromatic heterocycles. The van der Waals surface area contributed by atoms with Crippen molar-refractivity contribution in [1.82, 2.24) is 0 Å². The van der Waals surface area contributed by atoms with Gasteiger partial charge in [-0.05, 0) is 96.3 Å². The molecule has 1 fully saturated rings. The average molecular weight is 1090 g/mol. The van der Waals surface area contributed by atoms with Crippen LogP contribution < -0.4 is 0 Å². The van der Waals surface area contributed by atoms with Crippen molar-refractivity contribution in [2.24, 2.45) is 0 Å². The van der Waals surface area contributed by atoms with Crippen LogP contribution in [-0.2, 0) is 38.3 Å². The maximum Gasteiger partial charge on any atom is 0.397 e. The van der Waals surface area contributed by atoms with Crippen LogP contribution in [0.1, 0.15) is 232 Å². The molecule has 12 nitrogen and oxygen atoms in total. The Labute approximate surface area is 463 Å². The second-order valence-corrected chi connectivity index (χ2v) is 21.3. The van der Waals surface area contributed by atoms with Crippen LogP contribution in [0, 0.1) is 0 Å². The summed E-state index contributed by atoms with van der Waals surface area (Å²) >= 11 is 0. The number of esters is 1. The quantitative estimate of drug-likeness (QED) is 0.0196. The van der Waals surface area contributed by atoms with Crippen LogP contribution >= 0.6 is 0 Å². The maximum absolute atomic E-state index is 13.0. The highest BCUT2D eigenvalue weighted by Crippen LogP contribution is 2.26. The first-order chi connectivity index (χ1) is 37.1. The summed E-state index contributed by atoms with van der Waals surface area (Å²) in [4.78, 5) is 13.0. The minimum atomic E-state index is -5.08. The van der Waals surface area contributed by atoms with Crippen molar-refractivity contribution in [3.8, 4) is 0 Å². The highest BCUT2D eigenvalue weighted by molar-refractivity contribution is 7.80. The van der Waals surface area contributed by atoms with Gasteiger partial charge in [0.15, 0.2) is 6.29 Å². The van der Waals surface area contributed by atoms with Gasteiger partial charge in [-0.2, -0.15) is 8.42 Å². The van der Waals surface area contributed by atoms with Gasteiger partial charge in [-0.3, -0.25) is 9.35 Å². The smallest absolute Gasteiger partial charge is 0.397 e. The molecule has 6 atom stereocenters. The van der Waals surface area contributed by atoms with Crippen LogP contribution in [0.4, 0.5) is 0 Å². The zero-order valence-corrected chi connectivity index (χ0v) is 48.4. The topological polar surface area (TPSA) is 178 Å². The Morgan fingerprint density at radius 1 is 0.513 bits per heavy atom. The summed E-state index contributed by atoms with van der Waals surface area (Å²) in [6.45, 7) is 3.86. The van der Waals surface area contributed by atoms with Gasteiger partial charge in [-0.15, -0.1) is 0 Å². The summed E-state index contributed by atoms with van der Waals surface area (Å²) in [6, 6.07) is 0. The fraction of sp³-hybridized carbons (Fsp3) is 0.730. The molecular weight excluding hydrogens is 981 g/mol. The molecule has 4 N–H and O–H groups in total. The lowest BCUT2D eigenvalue weighted by molar-refractivity contribution is -0.301. The summed E-state index contributed by atoms with van der Waals surface area (Å²) < 4.78 is 59.5. The molecule has 13 heteroatoms. The number of carbonyl (C=O) groups is 1. The Hall–Kier alpha value is -2.98. The Kier molecular flexibility index (Phi) is 49.3. The van der Waals surface area contributed by atoms with Crippen molar-refractivity contribution in [3.63, 3.8) is 0 Å². The maximum atomic E-state index is 13.0. The molecular formula is C63H108O12S. The summed E-state index contributed by atoms with van der Waals surface area (Å²) in [5, 5.41) is 30.9. The SMILES string of the molecule is CC/C=C\C/C=C\C/C=C\C/C=C\C/C=C\CCCCCCCCCC(=O)OC(COCCCCCCCCCCCCC/C=C\C/C=C\C/C=C\CCCCCCC)COC1OC(CO)C(O)C(OS(=O)(=O)O)C1O. The molecule has 6 unspecified atom stereocenters. The zero-order chi connectivity index (χ0) is 55.3. The largest absolute Gasteiger partial charge is 0.457 e. The molecule has 0 aromatic carbocycles. The Morgan fingerprint density at radius 3 is 1.33 bits per heavy atom. The number of allylic oxidation sites excluding steroid dienone is 16. The van der Waals surface area contributed by atoms with Gasteiger partial charge in [0.25, 0.3) is 0 Å². The van der Waals surface area contributed by atoms with Gasteiger partial charge >= 0.3 is 16.4 Å². The molecule has 76 heavy (non-hydrogen) atoms. The molecule has 1 rings (SSSR count). The third-order valence-corrected chi connectivity index (χ3v) is 13.7. The number of unbranched alkanes of at least 4 members (excludes halogenated alkanes) is 23. The van der Waals surface area contributed by atoms with Crippen LogP contribution in [0.15, 0.2) is 97.2 Å². The predicted octanol–water partition coefficient (Wildman–Crippen LogP) is 15.3. The van der Waals surface area contributed by atoms with E-state index in [-0.39, 0.29) is 19.6 Å². The van der Waals surface area contributed by atoms with Crippen LogP contribution in [0.3, 0.4) is 0 Å². The van der Waals surface area contributed by atoms with Crippen LogP contribution in [0.2, 0.25) is 0 Å². The van der Waals surface area contributed by atoms with E-state index in [0.29, 0.717) is 13.0 Å². The van der Waals surface area contributed by atoms with E-state index in [1.54, 1.807) is 0 Å². The lowest BCUT2D eigenvalue weighted by Crippen LogP contribution is -2.60. The van der Waals surface area contributed by atoms with Gasteiger partial charge in [0.05, 0.1) is 19.8 Å². The lowest BCUT2D eigenvalue weighted by atomic mass is 9.99. The molecule has 0 aromatic rings. The summed E-state index contributed by atoms with van der Waals surface area (Å²) in [6.07, 6.45) is 64.4. The van der Waals surface area contributed by atoms with Crippen molar-refractivity contribution in [3.05, 3.63) is 97.2 Å². The molecule has 1 aliphatic heterocycles.